The minimum Gasteiger partial charge on any atom is -0.477 e. The van der Waals surface area contributed by atoms with E-state index in [0.29, 0.717) is 5.76 Å². The van der Waals surface area contributed by atoms with E-state index in [2.05, 4.69) is 5.16 Å². The second kappa shape index (κ2) is 5.27. The summed E-state index contributed by atoms with van der Waals surface area (Å²) in [5.74, 6) is -2.84. The third-order valence-corrected chi connectivity index (χ3v) is 3.85. The zero-order valence-corrected chi connectivity index (χ0v) is 11.1. The fourth-order valence-corrected chi connectivity index (χ4v) is 2.82. The summed E-state index contributed by atoms with van der Waals surface area (Å²) < 4.78 is 31.5. The van der Waals surface area contributed by atoms with E-state index in [4.69, 9.17) is 4.52 Å². The summed E-state index contributed by atoms with van der Waals surface area (Å²) in [5.41, 5.74) is 0.190. The van der Waals surface area contributed by atoms with E-state index in [1.807, 2.05) is 0 Å². The quantitative estimate of drug-likeness (QED) is 0.929. The van der Waals surface area contributed by atoms with Gasteiger partial charge in [0.05, 0.1) is 0 Å². The zero-order valence-electron chi connectivity index (χ0n) is 11.1. The molecule has 110 valence electrons. The molecule has 2 aromatic rings. The van der Waals surface area contributed by atoms with Gasteiger partial charge in [0.15, 0.2) is 17.4 Å². The van der Waals surface area contributed by atoms with Crippen molar-refractivity contribution in [3.8, 4) is 11.3 Å². The molecule has 1 aromatic heterocycles. The summed E-state index contributed by atoms with van der Waals surface area (Å²) >= 11 is 0. The van der Waals surface area contributed by atoms with Crippen LogP contribution < -0.4 is 0 Å². The maximum Gasteiger partial charge on any atom is 0.341 e. The molecule has 1 N–H and O–H groups in total. The van der Waals surface area contributed by atoms with E-state index in [0.717, 1.165) is 37.8 Å². The third-order valence-electron chi connectivity index (χ3n) is 3.85. The summed E-state index contributed by atoms with van der Waals surface area (Å²) in [5, 5.41) is 13.2. The van der Waals surface area contributed by atoms with Crippen molar-refractivity contribution in [2.45, 2.75) is 31.6 Å². The van der Waals surface area contributed by atoms with Crippen molar-refractivity contribution in [3.63, 3.8) is 0 Å². The number of nitrogens with zero attached hydrogens (tertiary/aromatic N) is 1. The Bertz CT molecular complexity index is 690. The fraction of sp³-hybridized carbons (Fsp3) is 0.333. The lowest BCUT2D eigenvalue weighted by atomic mass is 9.97. The molecule has 0 atom stereocenters. The minimum absolute atomic E-state index is 0.0302. The zero-order chi connectivity index (χ0) is 15.0. The lowest BCUT2D eigenvalue weighted by Gasteiger charge is -2.05. The number of carbonyl (C=O) groups is 1. The van der Waals surface area contributed by atoms with Crippen molar-refractivity contribution < 1.29 is 23.2 Å². The van der Waals surface area contributed by atoms with Crippen LogP contribution in [0, 0.1) is 11.6 Å². The number of carboxylic acids is 1. The summed E-state index contributed by atoms with van der Waals surface area (Å²) in [7, 11) is 0. The first-order chi connectivity index (χ1) is 10.1. The Balaban J connectivity index is 2.09. The second-order valence-electron chi connectivity index (χ2n) is 5.19. The van der Waals surface area contributed by atoms with Gasteiger partial charge in [0.25, 0.3) is 0 Å². The predicted molar refractivity (Wildman–Crippen MR) is 70.0 cm³/mol. The summed E-state index contributed by atoms with van der Waals surface area (Å²) in [4.78, 5) is 11.5. The first-order valence-corrected chi connectivity index (χ1v) is 6.76. The molecule has 3 rings (SSSR count). The summed E-state index contributed by atoms with van der Waals surface area (Å²) in [6, 6.07) is 3.17. The number of rotatable bonds is 3. The van der Waals surface area contributed by atoms with E-state index in [9.17, 15) is 18.7 Å². The van der Waals surface area contributed by atoms with Crippen LogP contribution in [0.2, 0.25) is 0 Å². The van der Waals surface area contributed by atoms with Gasteiger partial charge in [-0.25, -0.2) is 13.6 Å². The Hall–Kier alpha value is -2.24. The molecule has 1 aliphatic carbocycles. The van der Waals surface area contributed by atoms with Crippen LogP contribution in [0.3, 0.4) is 0 Å². The molecule has 0 spiro atoms. The number of aromatic carboxylic acids is 1. The van der Waals surface area contributed by atoms with Gasteiger partial charge >= 0.3 is 5.97 Å². The normalized spacial score (nSPS) is 15.5. The molecule has 1 heterocycles. The predicted octanol–water partition coefficient (Wildman–Crippen LogP) is 3.98. The largest absolute Gasteiger partial charge is 0.477 e. The Morgan fingerprint density at radius 3 is 2.57 bits per heavy atom. The van der Waals surface area contributed by atoms with Crippen LogP contribution in [0.5, 0.6) is 0 Å². The van der Waals surface area contributed by atoms with Crippen LogP contribution >= 0.6 is 0 Å². The second-order valence-corrected chi connectivity index (χ2v) is 5.19. The number of aromatic nitrogens is 1. The maximum absolute atomic E-state index is 13.3. The molecule has 1 saturated carbocycles. The van der Waals surface area contributed by atoms with Gasteiger partial charge in [-0.1, -0.05) is 18.0 Å². The highest BCUT2D eigenvalue weighted by atomic mass is 19.2. The Morgan fingerprint density at radius 2 is 1.95 bits per heavy atom. The summed E-state index contributed by atoms with van der Waals surface area (Å²) in [6.07, 6.45) is 3.75. The molecule has 1 fully saturated rings. The maximum atomic E-state index is 13.3. The highest BCUT2D eigenvalue weighted by molar-refractivity contribution is 5.96. The molecule has 1 aliphatic rings. The van der Waals surface area contributed by atoms with Gasteiger partial charge in [-0.05, 0) is 31.0 Å². The van der Waals surface area contributed by atoms with E-state index < -0.39 is 17.6 Å². The Kier molecular flexibility index (Phi) is 3.45. The molecule has 0 bridgehead atoms. The number of hydrogen-bond donors (Lipinski definition) is 1. The van der Waals surface area contributed by atoms with E-state index in [1.54, 1.807) is 0 Å². The molecule has 21 heavy (non-hydrogen) atoms. The van der Waals surface area contributed by atoms with Crippen molar-refractivity contribution >= 4 is 5.97 Å². The van der Waals surface area contributed by atoms with Crippen molar-refractivity contribution in [1.82, 2.24) is 5.16 Å². The lowest BCUT2D eigenvalue weighted by molar-refractivity contribution is 0.0694. The first-order valence-electron chi connectivity index (χ1n) is 6.76. The SMILES string of the molecule is O=C(O)c1c(-c2ccc(F)c(F)c2)noc1C1CCCC1. The molecule has 0 unspecified atom stereocenters. The van der Waals surface area contributed by atoms with Crippen molar-refractivity contribution in [2.24, 2.45) is 0 Å². The molecule has 0 saturated heterocycles. The van der Waals surface area contributed by atoms with Crippen LogP contribution in [-0.2, 0) is 0 Å². The fourth-order valence-electron chi connectivity index (χ4n) is 2.82. The van der Waals surface area contributed by atoms with Crippen LogP contribution in [0.4, 0.5) is 8.78 Å². The topological polar surface area (TPSA) is 63.3 Å². The van der Waals surface area contributed by atoms with Gasteiger partial charge in [-0.2, -0.15) is 0 Å². The number of hydrogen-bond acceptors (Lipinski definition) is 3. The van der Waals surface area contributed by atoms with Crippen LogP contribution in [0.1, 0.15) is 47.7 Å². The number of halogens is 2. The standard InChI is InChI=1S/C15H13F2NO3/c16-10-6-5-9(7-11(10)17)13-12(15(19)20)14(21-18-13)8-3-1-2-4-8/h5-8H,1-4H2,(H,19,20). The summed E-state index contributed by atoms with van der Waals surface area (Å²) in [6.45, 7) is 0. The van der Waals surface area contributed by atoms with Crippen LogP contribution in [0.25, 0.3) is 11.3 Å². The highest BCUT2D eigenvalue weighted by Crippen LogP contribution is 2.39. The Morgan fingerprint density at radius 1 is 1.24 bits per heavy atom. The van der Waals surface area contributed by atoms with E-state index in [-0.39, 0.29) is 22.7 Å². The van der Waals surface area contributed by atoms with E-state index in [1.165, 1.54) is 6.07 Å². The van der Waals surface area contributed by atoms with Gasteiger partial charge < -0.3 is 9.63 Å². The Labute approximate surface area is 119 Å². The average Bonchev–Trinajstić information content (AvgIpc) is 3.09. The lowest BCUT2D eigenvalue weighted by Crippen LogP contribution is -2.04. The van der Waals surface area contributed by atoms with Crippen molar-refractivity contribution in [1.29, 1.82) is 0 Å². The van der Waals surface area contributed by atoms with Gasteiger partial charge in [-0.3, -0.25) is 0 Å². The van der Waals surface area contributed by atoms with E-state index >= 15 is 0 Å². The van der Waals surface area contributed by atoms with Gasteiger partial charge in [0.2, 0.25) is 0 Å². The molecule has 0 aliphatic heterocycles. The molecule has 0 amide bonds. The van der Waals surface area contributed by atoms with Crippen LogP contribution in [0.15, 0.2) is 22.7 Å². The molecule has 0 radical (unpaired) electrons. The van der Waals surface area contributed by atoms with Crippen LogP contribution in [-0.4, -0.2) is 16.2 Å². The smallest absolute Gasteiger partial charge is 0.341 e. The molecule has 1 aromatic carbocycles. The molecule has 4 nitrogen and oxygen atoms in total. The number of carboxylic acid groups (broad SMARTS) is 1. The highest BCUT2D eigenvalue weighted by Gasteiger charge is 2.31. The monoisotopic (exact) mass is 293 g/mol. The van der Waals surface area contributed by atoms with Gasteiger partial charge in [-0.15, -0.1) is 0 Å². The molecule has 6 heteroatoms. The van der Waals surface area contributed by atoms with Gasteiger partial charge in [0, 0.05) is 11.5 Å². The third kappa shape index (κ3) is 2.41. The molecular weight excluding hydrogens is 280 g/mol. The van der Waals surface area contributed by atoms with Crippen molar-refractivity contribution in [2.75, 3.05) is 0 Å². The van der Waals surface area contributed by atoms with Crippen molar-refractivity contribution in [3.05, 3.63) is 41.2 Å². The minimum atomic E-state index is -1.17. The number of benzene rings is 1. The average molecular weight is 293 g/mol. The first kappa shape index (κ1) is 13.7. The molecular formula is C15H13F2NO3. The van der Waals surface area contributed by atoms with Gasteiger partial charge in [0.1, 0.15) is 11.3 Å².